The summed E-state index contributed by atoms with van der Waals surface area (Å²) in [6.07, 6.45) is 5.41. The van der Waals surface area contributed by atoms with E-state index in [1.807, 2.05) is 0 Å². The molecular formula is C8H15NO2S. The van der Waals surface area contributed by atoms with Crippen molar-refractivity contribution in [1.29, 1.82) is 0 Å². The molecule has 0 aliphatic heterocycles. The highest BCUT2D eigenvalue weighted by molar-refractivity contribution is 7.89. The number of nitrogens with two attached hydrogens (primary N) is 1. The van der Waals surface area contributed by atoms with Crippen molar-refractivity contribution in [1.82, 2.24) is 0 Å². The Kier molecular flexibility index (Phi) is 1.92. The van der Waals surface area contributed by atoms with E-state index in [4.69, 9.17) is 5.14 Å². The third-order valence-corrected chi connectivity index (χ3v) is 4.83. The summed E-state index contributed by atoms with van der Waals surface area (Å²) in [7, 11) is -3.26. The first-order valence-corrected chi connectivity index (χ1v) is 6.20. The second-order valence-electron chi connectivity index (χ2n) is 4.14. The lowest BCUT2D eigenvalue weighted by Crippen LogP contribution is -2.43. The fraction of sp³-hybridized carbons (Fsp3) is 1.00. The van der Waals surface area contributed by atoms with Crippen LogP contribution in [0, 0.1) is 11.8 Å². The molecule has 0 aromatic carbocycles. The summed E-state index contributed by atoms with van der Waals surface area (Å²) in [5.74, 6) is 1.00. The number of fused-ring (bicyclic) bond motifs is 3. The second-order valence-corrected chi connectivity index (χ2v) is 5.93. The minimum atomic E-state index is -3.26. The number of rotatable bonds is 1. The monoisotopic (exact) mass is 189 g/mol. The van der Waals surface area contributed by atoms with E-state index in [1.165, 1.54) is 12.8 Å². The molecule has 0 spiro atoms. The lowest BCUT2D eigenvalue weighted by Gasteiger charge is -2.40. The summed E-state index contributed by atoms with van der Waals surface area (Å²) in [5, 5.41) is 4.95. The Morgan fingerprint density at radius 1 is 1.08 bits per heavy atom. The largest absolute Gasteiger partial charge is 0.228 e. The SMILES string of the molecule is NS(=O)(=O)C1CC2CCC1CC2. The smallest absolute Gasteiger partial charge is 0.212 e. The van der Waals surface area contributed by atoms with Gasteiger partial charge in [0, 0.05) is 0 Å². The van der Waals surface area contributed by atoms with Crippen LogP contribution in [0.4, 0.5) is 0 Å². The molecule has 0 saturated heterocycles. The molecular weight excluding hydrogens is 174 g/mol. The lowest BCUT2D eigenvalue weighted by atomic mass is 9.70. The van der Waals surface area contributed by atoms with Crippen LogP contribution in [0.3, 0.4) is 0 Å². The van der Waals surface area contributed by atoms with Crippen molar-refractivity contribution >= 4 is 10.0 Å². The summed E-state index contributed by atoms with van der Waals surface area (Å²) in [4.78, 5) is 0. The first kappa shape index (κ1) is 8.51. The zero-order valence-corrected chi connectivity index (χ0v) is 7.89. The zero-order chi connectivity index (χ0) is 8.77. The van der Waals surface area contributed by atoms with Crippen LogP contribution < -0.4 is 5.14 Å². The maximum Gasteiger partial charge on any atom is 0.212 e. The molecule has 2 bridgehead atoms. The van der Waals surface area contributed by atoms with Crippen molar-refractivity contribution in [3.05, 3.63) is 0 Å². The van der Waals surface area contributed by atoms with E-state index in [0.717, 1.165) is 19.3 Å². The maximum atomic E-state index is 11.2. The van der Waals surface area contributed by atoms with Gasteiger partial charge in [-0.05, 0) is 31.1 Å². The summed E-state index contributed by atoms with van der Waals surface area (Å²) < 4.78 is 22.3. The predicted molar refractivity (Wildman–Crippen MR) is 47.0 cm³/mol. The first-order chi connectivity index (χ1) is 5.57. The van der Waals surface area contributed by atoms with Crippen LogP contribution in [0.15, 0.2) is 0 Å². The molecule has 3 saturated carbocycles. The van der Waals surface area contributed by atoms with Gasteiger partial charge < -0.3 is 0 Å². The van der Waals surface area contributed by atoms with Crippen LogP contribution in [0.5, 0.6) is 0 Å². The van der Waals surface area contributed by atoms with Crippen LogP contribution in [-0.4, -0.2) is 13.7 Å². The normalized spacial score (nSPS) is 41.6. The third kappa shape index (κ3) is 1.38. The molecule has 4 heteroatoms. The Labute approximate surface area is 73.4 Å². The summed E-state index contributed by atoms with van der Waals surface area (Å²) >= 11 is 0. The van der Waals surface area contributed by atoms with Crippen LogP contribution in [-0.2, 0) is 10.0 Å². The topological polar surface area (TPSA) is 60.2 Å². The average molecular weight is 189 g/mol. The van der Waals surface area contributed by atoms with Crippen LogP contribution in [0.25, 0.3) is 0 Å². The van der Waals surface area contributed by atoms with Crippen LogP contribution in [0.2, 0.25) is 0 Å². The van der Waals surface area contributed by atoms with Gasteiger partial charge in [-0.1, -0.05) is 12.8 Å². The van der Waals surface area contributed by atoms with Gasteiger partial charge in [-0.2, -0.15) is 0 Å². The maximum absolute atomic E-state index is 11.2. The number of hydrogen-bond acceptors (Lipinski definition) is 2. The molecule has 0 aromatic rings. The van der Waals surface area contributed by atoms with Gasteiger partial charge in [0.1, 0.15) is 0 Å². The second kappa shape index (κ2) is 2.70. The molecule has 2 N–H and O–H groups in total. The molecule has 12 heavy (non-hydrogen) atoms. The fourth-order valence-corrected chi connectivity index (χ4v) is 4.07. The summed E-state index contributed by atoms with van der Waals surface area (Å²) in [6.45, 7) is 0. The molecule has 0 aromatic heterocycles. The quantitative estimate of drug-likeness (QED) is 0.665. The van der Waals surface area contributed by atoms with Gasteiger partial charge in [0.25, 0.3) is 0 Å². The summed E-state index contributed by atoms with van der Waals surface area (Å²) in [5.41, 5.74) is 0. The Balaban J connectivity index is 2.20. The molecule has 3 aliphatic rings. The van der Waals surface area contributed by atoms with E-state index in [-0.39, 0.29) is 5.25 Å². The van der Waals surface area contributed by atoms with Crippen molar-refractivity contribution < 1.29 is 8.42 Å². The molecule has 0 amide bonds. The van der Waals surface area contributed by atoms with Crippen molar-refractivity contribution in [2.75, 3.05) is 0 Å². The van der Waals surface area contributed by atoms with Gasteiger partial charge in [0.2, 0.25) is 10.0 Å². The molecule has 3 rings (SSSR count). The lowest BCUT2D eigenvalue weighted by molar-refractivity contribution is 0.179. The van der Waals surface area contributed by atoms with Gasteiger partial charge in [-0.25, -0.2) is 13.6 Å². The van der Waals surface area contributed by atoms with E-state index in [0.29, 0.717) is 11.8 Å². The fourth-order valence-electron chi connectivity index (χ4n) is 2.72. The highest BCUT2D eigenvalue weighted by atomic mass is 32.2. The molecule has 1 unspecified atom stereocenters. The highest BCUT2D eigenvalue weighted by Gasteiger charge is 2.40. The van der Waals surface area contributed by atoms with Gasteiger partial charge in [-0.3, -0.25) is 0 Å². The molecule has 0 radical (unpaired) electrons. The average Bonchev–Trinajstić information content (AvgIpc) is 2.05. The van der Waals surface area contributed by atoms with Crippen molar-refractivity contribution in [2.24, 2.45) is 17.0 Å². The van der Waals surface area contributed by atoms with Gasteiger partial charge in [0.05, 0.1) is 5.25 Å². The Hall–Kier alpha value is -0.0900. The molecule has 3 nitrogen and oxygen atoms in total. The minimum Gasteiger partial charge on any atom is -0.228 e. The Morgan fingerprint density at radius 2 is 1.67 bits per heavy atom. The molecule has 1 atom stereocenters. The first-order valence-electron chi connectivity index (χ1n) is 4.59. The van der Waals surface area contributed by atoms with E-state index in [9.17, 15) is 8.42 Å². The van der Waals surface area contributed by atoms with E-state index < -0.39 is 10.0 Å². The van der Waals surface area contributed by atoms with Crippen molar-refractivity contribution in [3.8, 4) is 0 Å². The molecule has 70 valence electrons. The molecule has 3 aliphatic carbocycles. The number of primary sulfonamides is 1. The zero-order valence-electron chi connectivity index (χ0n) is 7.07. The predicted octanol–water partition coefficient (Wildman–Crippen LogP) is 0.854. The van der Waals surface area contributed by atoms with E-state index in [1.54, 1.807) is 0 Å². The molecule has 0 heterocycles. The Bertz CT molecular complexity index is 265. The Morgan fingerprint density at radius 3 is 1.92 bits per heavy atom. The number of sulfonamides is 1. The van der Waals surface area contributed by atoms with Crippen molar-refractivity contribution in [2.45, 2.75) is 37.4 Å². The highest BCUT2D eigenvalue weighted by Crippen LogP contribution is 2.43. The molecule has 3 fully saturated rings. The standard InChI is InChI=1S/C8H15NO2S/c9-12(10,11)8-5-6-1-3-7(8)4-2-6/h6-8H,1-5H2,(H2,9,10,11). The van der Waals surface area contributed by atoms with E-state index >= 15 is 0 Å². The third-order valence-electron chi connectivity index (χ3n) is 3.40. The van der Waals surface area contributed by atoms with Crippen molar-refractivity contribution in [3.63, 3.8) is 0 Å². The van der Waals surface area contributed by atoms with Gasteiger partial charge >= 0.3 is 0 Å². The number of hydrogen-bond donors (Lipinski definition) is 1. The van der Waals surface area contributed by atoms with Crippen LogP contribution >= 0.6 is 0 Å². The van der Waals surface area contributed by atoms with Gasteiger partial charge in [0.15, 0.2) is 0 Å². The van der Waals surface area contributed by atoms with E-state index in [2.05, 4.69) is 0 Å². The summed E-state index contributed by atoms with van der Waals surface area (Å²) in [6, 6.07) is 0. The minimum absolute atomic E-state index is 0.218. The van der Waals surface area contributed by atoms with Crippen LogP contribution in [0.1, 0.15) is 32.1 Å². The van der Waals surface area contributed by atoms with Gasteiger partial charge in [-0.15, -0.1) is 0 Å².